The summed E-state index contributed by atoms with van der Waals surface area (Å²) in [5, 5.41) is 3.23. The molecule has 0 aliphatic rings. The quantitative estimate of drug-likeness (QED) is 0.884. The molecule has 5 heteroatoms. The Hall–Kier alpha value is -2.07. The van der Waals surface area contributed by atoms with E-state index in [2.05, 4.69) is 5.32 Å². The van der Waals surface area contributed by atoms with Crippen molar-refractivity contribution in [2.45, 2.75) is 13.3 Å². The molecule has 0 unspecified atom stereocenters. The first-order chi connectivity index (χ1) is 10.5. The van der Waals surface area contributed by atoms with Gasteiger partial charge in [-0.2, -0.15) is 0 Å². The first kappa shape index (κ1) is 16.3. The Kier molecular flexibility index (Phi) is 5.78. The van der Waals surface area contributed by atoms with Crippen molar-refractivity contribution < 1.29 is 13.9 Å². The second-order valence-corrected chi connectivity index (χ2v) is 5.36. The lowest BCUT2D eigenvalue weighted by molar-refractivity contribution is -0.123. The minimum absolute atomic E-state index is 0.0907. The standard InChI is InChI=1S/C17H17ClFNO2/c1-12-2-7-15(18)16(10-12)22-11-17(21)20-9-8-13-3-5-14(19)6-4-13/h2-7,10H,8-9,11H2,1H3,(H,20,21). The van der Waals surface area contributed by atoms with Crippen LogP contribution in [0.4, 0.5) is 4.39 Å². The molecule has 0 spiro atoms. The molecule has 0 saturated heterocycles. The summed E-state index contributed by atoms with van der Waals surface area (Å²) < 4.78 is 18.2. The lowest BCUT2D eigenvalue weighted by Gasteiger charge is -2.09. The average molecular weight is 322 g/mol. The van der Waals surface area contributed by atoms with Gasteiger partial charge in [0.15, 0.2) is 6.61 Å². The number of carbonyl (C=O) groups excluding carboxylic acids is 1. The maximum atomic E-state index is 12.8. The van der Waals surface area contributed by atoms with Crippen LogP contribution in [0.5, 0.6) is 5.75 Å². The Balaban J connectivity index is 1.74. The Morgan fingerprint density at radius 3 is 2.68 bits per heavy atom. The molecule has 116 valence electrons. The van der Waals surface area contributed by atoms with Gasteiger partial charge in [0.25, 0.3) is 5.91 Å². The molecular formula is C17H17ClFNO2. The van der Waals surface area contributed by atoms with Crippen LogP contribution in [0.1, 0.15) is 11.1 Å². The van der Waals surface area contributed by atoms with Crippen molar-refractivity contribution in [3.63, 3.8) is 0 Å². The van der Waals surface area contributed by atoms with E-state index < -0.39 is 0 Å². The Bertz CT molecular complexity index is 644. The van der Waals surface area contributed by atoms with E-state index in [4.69, 9.17) is 16.3 Å². The topological polar surface area (TPSA) is 38.3 Å². The van der Waals surface area contributed by atoms with Gasteiger partial charge in [0.1, 0.15) is 11.6 Å². The molecule has 0 atom stereocenters. The second-order valence-electron chi connectivity index (χ2n) is 4.95. The minimum atomic E-state index is -0.267. The lowest BCUT2D eigenvalue weighted by atomic mass is 10.1. The molecule has 2 aromatic rings. The van der Waals surface area contributed by atoms with E-state index in [0.29, 0.717) is 23.7 Å². The molecule has 2 rings (SSSR count). The zero-order valence-electron chi connectivity index (χ0n) is 12.2. The van der Waals surface area contributed by atoms with E-state index in [1.54, 1.807) is 24.3 Å². The monoisotopic (exact) mass is 321 g/mol. The van der Waals surface area contributed by atoms with E-state index in [9.17, 15) is 9.18 Å². The van der Waals surface area contributed by atoms with Crippen molar-refractivity contribution in [1.82, 2.24) is 5.32 Å². The van der Waals surface area contributed by atoms with Crippen LogP contribution in [0, 0.1) is 12.7 Å². The third kappa shape index (κ3) is 5.04. The number of hydrogen-bond acceptors (Lipinski definition) is 2. The molecule has 22 heavy (non-hydrogen) atoms. The van der Waals surface area contributed by atoms with E-state index >= 15 is 0 Å². The summed E-state index contributed by atoms with van der Waals surface area (Å²) >= 11 is 5.99. The highest BCUT2D eigenvalue weighted by atomic mass is 35.5. The van der Waals surface area contributed by atoms with Crippen molar-refractivity contribution in [2.24, 2.45) is 0 Å². The van der Waals surface area contributed by atoms with Crippen molar-refractivity contribution in [3.05, 3.63) is 64.4 Å². The van der Waals surface area contributed by atoms with Crippen molar-refractivity contribution >= 4 is 17.5 Å². The SMILES string of the molecule is Cc1ccc(Cl)c(OCC(=O)NCCc2ccc(F)cc2)c1. The molecule has 1 amide bonds. The van der Waals surface area contributed by atoms with Gasteiger partial charge in [-0.1, -0.05) is 29.8 Å². The highest BCUT2D eigenvalue weighted by Gasteiger charge is 2.06. The summed E-state index contributed by atoms with van der Waals surface area (Å²) in [7, 11) is 0. The van der Waals surface area contributed by atoms with Crippen LogP contribution >= 0.6 is 11.6 Å². The van der Waals surface area contributed by atoms with Crippen LogP contribution < -0.4 is 10.1 Å². The van der Waals surface area contributed by atoms with E-state index in [0.717, 1.165) is 11.1 Å². The Morgan fingerprint density at radius 2 is 1.95 bits per heavy atom. The van der Waals surface area contributed by atoms with Crippen LogP contribution in [-0.4, -0.2) is 19.1 Å². The second kappa shape index (κ2) is 7.80. The number of benzene rings is 2. The minimum Gasteiger partial charge on any atom is -0.482 e. The molecule has 0 heterocycles. The first-order valence-electron chi connectivity index (χ1n) is 6.94. The molecular weight excluding hydrogens is 305 g/mol. The van der Waals surface area contributed by atoms with Gasteiger partial charge in [0.2, 0.25) is 0 Å². The third-order valence-corrected chi connectivity index (χ3v) is 3.41. The van der Waals surface area contributed by atoms with Gasteiger partial charge in [0, 0.05) is 6.54 Å². The van der Waals surface area contributed by atoms with E-state index in [1.807, 2.05) is 13.0 Å². The number of halogens is 2. The molecule has 0 aromatic heterocycles. The zero-order chi connectivity index (χ0) is 15.9. The predicted molar refractivity (Wildman–Crippen MR) is 84.8 cm³/mol. The number of nitrogens with one attached hydrogen (secondary N) is 1. The summed E-state index contributed by atoms with van der Waals surface area (Å²) in [6.45, 7) is 2.30. The summed E-state index contributed by atoms with van der Waals surface area (Å²) in [6, 6.07) is 11.6. The average Bonchev–Trinajstić information content (AvgIpc) is 2.50. The van der Waals surface area contributed by atoms with Crippen molar-refractivity contribution in [1.29, 1.82) is 0 Å². The van der Waals surface area contributed by atoms with Crippen LogP contribution in [0.25, 0.3) is 0 Å². The molecule has 2 aromatic carbocycles. The molecule has 0 fully saturated rings. The van der Waals surface area contributed by atoms with Crippen molar-refractivity contribution in [3.8, 4) is 5.75 Å². The number of aryl methyl sites for hydroxylation is 1. The molecule has 0 aliphatic carbocycles. The zero-order valence-corrected chi connectivity index (χ0v) is 13.0. The first-order valence-corrected chi connectivity index (χ1v) is 7.32. The maximum absolute atomic E-state index is 12.8. The number of amides is 1. The maximum Gasteiger partial charge on any atom is 0.257 e. The van der Waals surface area contributed by atoms with Crippen LogP contribution in [0.15, 0.2) is 42.5 Å². The highest BCUT2D eigenvalue weighted by molar-refractivity contribution is 6.32. The van der Waals surface area contributed by atoms with Crippen LogP contribution in [0.3, 0.4) is 0 Å². The molecule has 3 nitrogen and oxygen atoms in total. The fourth-order valence-corrected chi connectivity index (χ4v) is 2.08. The molecule has 0 radical (unpaired) electrons. The fourth-order valence-electron chi connectivity index (χ4n) is 1.91. The molecule has 0 aliphatic heterocycles. The number of hydrogen-bond donors (Lipinski definition) is 1. The van der Waals surface area contributed by atoms with Gasteiger partial charge in [-0.15, -0.1) is 0 Å². The van der Waals surface area contributed by atoms with Gasteiger partial charge in [-0.25, -0.2) is 4.39 Å². The molecule has 0 bridgehead atoms. The van der Waals surface area contributed by atoms with Gasteiger partial charge < -0.3 is 10.1 Å². The van der Waals surface area contributed by atoms with Gasteiger partial charge >= 0.3 is 0 Å². The van der Waals surface area contributed by atoms with E-state index in [-0.39, 0.29) is 18.3 Å². The smallest absolute Gasteiger partial charge is 0.257 e. The summed E-state index contributed by atoms with van der Waals surface area (Å²) in [5.41, 5.74) is 1.97. The summed E-state index contributed by atoms with van der Waals surface area (Å²) in [6.07, 6.45) is 0.636. The number of ether oxygens (including phenoxy) is 1. The number of carbonyl (C=O) groups is 1. The van der Waals surface area contributed by atoms with Gasteiger partial charge in [-0.3, -0.25) is 4.79 Å². The van der Waals surface area contributed by atoms with Gasteiger partial charge in [0.05, 0.1) is 5.02 Å². The summed E-state index contributed by atoms with van der Waals surface area (Å²) in [5.74, 6) is 0.00579. The predicted octanol–water partition coefficient (Wildman–Crippen LogP) is 3.53. The largest absolute Gasteiger partial charge is 0.482 e. The third-order valence-electron chi connectivity index (χ3n) is 3.09. The highest BCUT2D eigenvalue weighted by Crippen LogP contribution is 2.24. The Labute approximate surface area is 134 Å². The summed E-state index contributed by atoms with van der Waals surface area (Å²) in [4.78, 5) is 11.7. The number of rotatable bonds is 6. The van der Waals surface area contributed by atoms with E-state index in [1.165, 1.54) is 12.1 Å². The molecule has 1 N–H and O–H groups in total. The van der Waals surface area contributed by atoms with Crippen LogP contribution in [-0.2, 0) is 11.2 Å². The Morgan fingerprint density at radius 1 is 1.23 bits per heavy atom. The van der Waals surface area contributed by atoms with Crippen molar-refractivity contribution in [2.75, 3.05) is 13.2 Å². The lowest BCUT2D eigenvalue weighted by Crippen LogP contribution is -2.30. The van der Waals surface area contributed by atoms with Gasteiger partial charge in [-0.05, 0) is 48.7 Å². The fraction of sp³-hybridized carbons (Fsp3) is 0.235. The normalized spacial score (nSPS) is 10.3. The molecule has 0 saturated carbocycles. The van der Waals surface area contributed by atoms with Crippen LogP contribution in [0.2, 0.25) is 5.02 Å².